The molecule has 0 atom stereocenters. The van der Waals surface area contributed by atoms with Crippen LogP contribution in [0.2, 0.25) is 5.02 Å². The minimum absolute atomic E-state index is 0.734. The van der Waals surface area contributed by atoms with Crippen molar-refractivity contribution in [2.75, 3.05) is 12.4 Å². The zero-order chi connectivity index (χ0) is 11.8. The van der Waals surface area contributed by atoms with Gasteiger partial charge in [0.1, 0.15) is 5.75 Å². The van der Waals surface area contributed by atoms with Crippen molar-refractivity contribution >= 4 is 23.4 Å². The van der Waals surface area contributed by atoms with Crippen molar-refractivity contribution in [1.29, 1.82) is 0 Å². The predicted molar refractivity (Wildman–Crippen MR) is 73.8 cm³/mol. The Morgan fingerprint density at radius 1 is 1.19 bits per heavy atom. The fraction of sp³-hybridized carbons (Fsp3) is 0.538. The number of benzene rings is 1. The molecule has 90 valence electrons. The lowest BCUT2D eigenvalue weighted by molar-refractivity contribution is 0.310. The van der Waals surface area contributed by atoms with E-state index in [0.717, 1.165) is 29.0 Å². The van der Waals surface area contributed by atoms with Crippen LogP contribution in [0.25, 0.3) is 0 Å². The highest BCUT2D eigenvalue weighted by Gasteiger charge is 1.96. The van der Waals surface area contributed by atoms with Gasteiger partial charge in [0.05, 0.1) is 6.61 Å². The number of hydrogen-bond donors (Lipinski definition) is 0. The molecule has 1 aromatic rings. The van der Waals surface area contributed by atoms with Gasteiger partial charge in [0.15, 0.2) is 0 Å². The Labute approximate surface area is 108 Å². The van der Waals surface area contributed by atoms with Crippen LogP contribution in [0.5, 0.6) is 5.75 Å². The fourth-order valence-corrected chi connectivity index (χ4v) is 2.21. The summed E-state index contributed by atoms with van der Waals surface area (Å²) in [5, 5.41) is 1.48. The van der Waals surface area contributed by atoms with Gasteiger partial charge < -0.3 is 4.74 Å². The van der Waals surface area contributed by atoms with Gasteiger partial charge in [-0.3, -0.25) is 0 Å². The predicted octanol–water partition coefficient (Wildman–Crippen LogP) is 4.64. The van der Waals surface area contributed by atoms with Gasteiger partial charge in [-0.2, -0.15) is 11.8 Å². The Kier molecular flexibility index (Phi) is 6.74. The number of rotatable bonds is 7. The second-order valence-electron chi connectivity index (χ2n) is 3.93. The van der Waals surface area contributed by atoms with Crippen molar-refractivity contribution in [3.8, 4) is 5.75 Å². The third kappa shape index (κ3) is 6.29. The molecule has 0 aliphatic rings. The summed E-state index contributed by atoms with van der Waals surface area (Å²) < 4.78 is 5.60. The summed E-state index contributed by atoms with van der Waals surface area (Å²) in [6.07, 6.45) is 2.33. The molecular weight excluding hydrogens is 240 g/mol. The van der Waals surface area contributed by atoms with Crippen molar-refractivity contribution in [2.45, 2.75) is 31.9 Å². The van der Waals surface area contributed by atoms with E-state index in [1.54, 1.807) is 0 Å². The zero-order valence-electron chi connectivity index (χ0n) is 9.91. The zero-order valence-corrected chi connectivity index (χ0v) is 11.5. The van der Waals surface area contributed by atoms with Crippen LogP contribution in [0.3, 0.4) is 0 Å². The first-order valence-corrected chi connectivity index (χ1v) is 7.11. The lowest BCUT2D eigenvalue weighted by atomic mass is 10.3. The monoisotopic (exact) mass is 258 g/mol. The normalized spacial score (nSPS) is 10.8. The molecule has 1 aromatic carbocycles. The Morgan fingerprint density at radius 3 is 2.50 bits per heavy atom. The minimum Gasteiger partial charge on any atom is -0.494 e. The van der Waals surface area contributed by atoms with E-state index in [0.29, 0.717) is 0 Å². The standard InChI is InChI=1S/C13H19ClOS/c1-11(2)16-10-4-3-9-15-13-7-5-12(14)6-8-13/h5-8,11H,3-4,9-10H2,1-2H3. The SMILES string of the molecule is CC(C)SCCCCOc1ccc(Cl)cc1. The van der Waals surface area contributed by atoms with E-state index in [1.807, 2.05) is 36.0 Å². The molecule has 0 saturated heterocycles. The highest BCUT2D eigenvalue weighted by atomic mass is 35.5. The summed E-state index contributed by atoms with van der Waals surface area (Å²) in [5.41, 5.74) is 0. The van der Waals surface area contributed by atoms with E-state index in [-0.39, 0.29) is 0 Å². The van der Waals surface area contributed by atoms with Crippen LogP contribution >= 0.6 is 23.4 Å². The summed E-state index contributed by atoms with van der Waals surface area (Å²) in [6, 6.07) is 7.52. The maximum Gasteiger partial charge on any atom is 0.119 e. The van der Waals surface area contributed by atoms with Gasteiger partial charge in [-0.25, -0.2) is 0 Å². The van der Waals surface area contributed by atoms with E-state index in [9.17, 15) is 0 Å². The first-order valence-electron chi connectivity index (χ1n) is 5.68. The second kappa shape index (κ2) is 7.86. The van der Waals surface area contributed by atoms with Crippen LogP contribution in [0.15, 0.2) is 24.3 Å². The molecule has 1 nitrogen and oxygen atoms in total. The van der Waals surface area contributed by atoms with E-state index < -0.39 is 0 Å². The smallest absolute Gasteiger partial charge is 0.119 e. The average Bonchev–Trinajstić information content (AvgIpc) is 2.25. The highest BCUT2D eigenvalue weighted by Crippen LogP contribution is 2.16. The minimum atomic E-state index is 0.734. The first-order chi connectivity index (χ1) is 7.68. The van der Waals surface area contributed by atoms with Gasteiger partial charge >= 0.3 is 0 Å². The number of halogens is 1. The Morgan fingerprint density at radius 2 is 1.88 bits per heavy atom. The number of unbranched alkanes of at least 4 members (excludes halogenated alkanes) is 1. The van der Waals surface area contributed by atoms with E-state index in [1.165, 1.54) is 12.2 Å². The molecule has 0 bridgehead atoms. The summed E-state index contributed by atoms with van der Waals surface area (Å²) >= 11 is 7.79. The molecule has 0 saturated carbocycles. The molecular formula is C13H19ClOS. The van der Waals surface area contributed by atoms with Crippen LogP contribution in [0.4, 0.5) is 0 Å². The maximum atomic E-state index is 5.79. The molecule has 0 aliphatic carbocycles. The summed E-state index contributed by atoms with van der Waals surface area (Å²) in [5.74, 6) is 2.13. The molecule has 1 rings (SSSR count). The lowest BCUT2D eigenvalue weighted by Gasteiger charge is -2.07. The quantitative estimate of drug-likeness (QED) is 0.659. The van der Waals surface area contributed by atoms with Crippen molar-refractivity contribution < 1.29 is 4.74 Å². The third-order valence-electron chi connectivity index (χ3n) is 2.07. The topological polar surface area (TPSA) is 9.23 Å². The summed E-state index contributed by atoms with van der Waals surface area (Å²) in [7, 11) is 0. The van der Waals surface area contributed by atoms with Crippen molar-refractivity contribution in [2.24, 2.45) is 0 Å². The van der Waals surface area contributed by atoms with Crippen LogP contribution < -0.4 is 4.74 Å². The van der Waals surface area contributed by atoms with Gasteiger partial charge in [-0.1, -0.05) is 25.4 Å². The van der Waals surface area contributed by atoms with Crippen LogP contribution in [-0.4, -0.2) is 17.6 Å². The van der Waals surface area contributed by atoms with Crippen LogP contribution in [0, 0.1) is 0 Å². The highest BCUT2D eigenvalue weighted by molar-refractivity contribution is 7.99. The molecule has 0 fully saturated rings. The van der Waals surface area contributed by atoms with Crippen LogP contribution in [-0.2, 0) is 0 Å². The second-order valence-corrected chi connectivity index (χ2v) is 6.05. The number of ether oxygens (including phenoxy) is 1. The lowest BCUT2D eigenvalue weighted by Crippen LogP contribution is -1.98. The molecule has 0 radical (unpaired) electrons. The van der Waals surface area contributed by atoms with E-state index >= 15 is 0 Å². The van der Waals surface area contributed by atoms with Gasteiger partial charge in [0.2, 0.25) is 0 Å². The molecule has 16 heavy (non-hydrogen) atoms. The number of hydrogen-bond acceptors (Lipinski definition) is 2. The average molecular weight is 259 g/mol. The van der Waals surface area contributed by atoms with Gasteiger partial charge in [0.25, 0.3) is 0 Å². The van der Waals surface area contributed by atoms with Crippen LogP contribution in [0.1, 0.15) is 26.7 Å². The molecule has 3 heteroatoms. The molecule has 0 aliphatic heterocycles. The fourth-order valence-electron chi connectivity index (χ4n) is 1.24. The molecule has 0 amide bonds. The Bertz CT molecular complexity index is 284. The Hall–Kier alpha value is -0.340. The molecule has 0 spiro atoms. The molecule has 0 heterocycles. The third-order valence-corrected chi connectivity index (χ3v) is 3.52. The molecule has 0 aromatic heterocycles. The van der Waals surface area contributed by atoms with Gasteiger partial charge in [-0.15, -0.1) is 0 Å². The van der Waals surface area contributed by atoms with E-state index in [2.05, 4.69) is 13.8 Å². The van der Waals surface area contributed by atoms with Crippen molar-refractivity contribution in [3.63, 3.8) is 0 Å². The summed E-state index contributed by atoms with van der Waals surface area (Å²) in [4.78, 5) is 0. The van der Waals surface area contributed by atoms with Crippen molar-refractivity contribution in [3.05, 3.63) is 29.3 Å². The van der Waals surface area contributed by atoms with Gasteiger partial charge in [0, 0.05) is 5.02 Å². The molecule has 0 unspecified atom stereocenters. The molecule has 0 N–H and O–H groups in total. The Balaban J connectivity index is 2.05. The first kappa shape index (κ1) is 13.7. The largest absolute Gasteiger partial charge is 0.494 e. The number of thioether (sulfide) groups is 1. The maximum absolute atomic E-state index is 5.79. The summed E-state index contributed by atoms with van der Waals surface area (Å²) in [6.45, 7) is 5.25. The van der Waals surface area contributed by atoms with Gasteiger partial charge in [-0.05, 0) is 48.1 Å². The van der Waals surface area contributed by atoms with E-state index in [4.69, 9.17) is 16.3 Å². The van der Waals surface area contributed by atoms with Crippen molar-refractivity contribution in [1.82, 2.24) is 0 Å².